The van der Waals surface area contributed by atoms with Crippen molar-refractivity contribution < 1.29 is 9.47 Å². The molecule has 0 N–H and O–H groups in total. The van der Waals surface area contributed by atoms with E-state index < -0.39 is 0 Å². The van der Waals surface area contributed by atoms with Gasteiger partial charge in [-0.25, -0.2) is 0 Å². The fraction of sp³-hybridized carbons (Fsp3) is 0.857. The fourth-order valence-electron chi connectivity index (χ4n) is 1.73. The molecule has 0 fully saturated rings. The number of hydrogen-bond acceptors (Lipinski definition) is 2. The van der Waals surface area contributed by atoms with Crippen LogP contribution in [0.4, 0.5) is 0 Å². The van der Waals surface area contributed by atoms with Crippen LogP contribution >= 0.6 is 11.6 Å². The average molecular weight is 263 g/mol. The molecule has 0 bridgehead atoms. The largest absolute Gasteiger partial charge is 0.356 e. The molecule has 0 unspecified atom stereocenters. The topological polar surface area (TPSA) is 18.5 Å². The van der Waals surface area contributed by atoms with Crippen LogP contribution in [0.25, 0.3) is 0 Å². The molecular weight excluding hydrogens is 236 g/mol. The molecule has 0 atom stereocenters. The van der Waals surface area contributed by atoms with Gasteiger partial charge in [-0.2, -0.15) is 0 Å². The molecule has 0 aromatic carbocycles. The van der Waals surface area contributed by atoms with Gasteiger partial charge in [0.2, 0.25) is 0 Å². The number of ether oxygens (including phenoxy) is 2. The maximum Gasteiger partial charge on any atom is 0.156 e. The van der Waals surface area contributed by atoms with Gasteiger partial charge in [-0.1, -0.05) is 31.4 Å². The molecular formula is C14H27ClO2. The molecule has 0 rings (SSSR count). The second-order valence-electron chi connectivity index (χ2n) is 4.20. The Morgan fingerprint density at radius 2 is 1.47 bits per heavy atom. The van der Waals surface area contributed by atoms with E-state index in [1.165, 1.54) is 38.5 Å². The zero-order valence-corrected chi connectivity index (χ0v) is 12.0. The number of alkyl halides is 1. The van der Waals surface area contributed by atoms with Crippen molar-refractivity contribution in [3.8, 4) is 0 Å². The van der Waals surface area contributed by atoms with E-state index in [0.29, 0.717) is 0 Å². The fourth-order valence-corrected chi connectivity index (χ4v) is 1.86. The van der Waals surface area contributed by atoms with Gasteiger partial charge in [-0.05, 0) is 32.1 Å². The third kappa shape index (κ3) is 12.2. The lowest BCUT2D eigenvalue weighted by atomic mass is 10.1. The number of methoxy groups -OCH3 is 2. The van der Waals surface area contributed by atoms with Crippen molar-refractivity contribution in [2.45, 2.75) is 57.7 Å². The molecule has 17 heavy (non-hydrogen) atoms. The minimum Gasteiger partial charge on any atom is -0.356 e. The molecule has 2 nitrogen and oxygen atoms in total. The third-order valence-corrected chi connectivity index (χ3v) is 3.00. The van der Waals surface area contributed by atoms with Gasteiger partial charge in [-0.15, -0.1) is 11.6 Å². The zero-order chi connectivity index (χ0) is 12.8. The van der Waals surface area contributed by atoms with Crippen molar-refractivity contribution in [1.82, 2.24) is 0 Å². The molecule has 0 aromatic rings. The highest BCUT2D eigenvalue weighted by molar-refractivity contribution is 6.17. The highest BCUT2D eigenvalue weighted by Gasteiger charge is 2.03. The quantitative estimate of drug-likeness (QED) is 0.223. The van der Waals surface area contributed by atoms with Crippen molar-refractivity contribution in [2.75, 3.05) is 20.1 Å². The molecule has 0 aliphatic rings. The van der Waals surface area contributed by atoms with E-state index in [-0.39, 0.29) is 6.29 Å². The standard InChI is InChI=1S/C14H27ClO2/c1-16-14(17-2)12-10-8-6-4-3-5-7-9-11-13-15/h7,9,14H,3-6,8,10-13H2,1-2H3/b9-7-. The van der Waals surface area contributed by atoms with E-state index in [9.17, 15) is 0 Å². The van der Waals surface area contributed by atoms with E-state index >= 15 is 0 Å². The van der Waals surface area contributed by atoms with E-state index in [0.717, 1.165) is 18.7 Å². The first-order valence-corrected chi connectivity index (χ1v) is 7.15. The van der Waals surface area contributed by atoms with Crippen LogP contribution in [0.5, 0.6) is 0 Å². The van der Waals surface area contributed by atoms with Gasteiger partial charge in [-0.3, -0.25) is 0 Å². The van der Waals surface area contributed by atoms with Gasteiger partial charge >= 0.3 is 0 Å². The lowest BCUT2D eigenvalue weighted by molar-refractivity contribution is -0.107. The highest BCUT2D eigenvalue weighted by atomic mass is 35.5. The monoisotopic (exact) mass is 262 g/mol. The number of hydrogen-bond donors (Lipinski definition) is 0. The predicted molar refractivity (Wildman–Crippen MR) is 74.6 cm³/mol. The summed E-state index contributed by atoms with van der Waals surface area (Å²) in [6, 6.07) is 0. The van der Waals surface area contributed by atoms with Gasteiger partial charge in [0.1, 0.15) is 0 Å². The van der Waals surface area contributed by atoms with Crippen LogP contribution in [0, 0.1) is 0 Å². The summed E-state index contributed by atoms with van der Waals surface area (Å²) in [6.07, 6.45) is 14.0. The summed E-state index contributed by atoms with van der Waals surface area (Å²) < 4.78 is 10.3. The first kappa shape index (κ1) is 16.9. The highest BCUT2D eigenvalue weighted by Crippen LogP contribution is 2.10. The molecule has 0 aromatic heterocycles. The lowest BCUT2D eigenvalue weighted by Gasteiger charge is -2.12. The Morgan fingerprint density at radius 3 is 2.12 bits per heavy atom. The molecule has 102 valence electrons. The summed E-state index contributed by atoms with van der Waals surface area (Å²) in [5, 5.41) is 0. The minimum atomic E-state index is -0.0199. The Kier molecular flexibility index (Phi) is 14.0. The van der Waals surface area contributed by atoms with Crippen LogP contribution in [0.1, 0.15) is 51.4 Å². The van der Waals surface area contributed by atoms with Crippen molar-refractivity contribution in [3.05, 3.63) is 12.2 Å². The van der Waals surface area contributed by atoms with E-state index in [1.54, 1.807) is 14.2 Å². The SMILES string of the molecule is COC(CCCCCCC/C=C\CCCl)OC. The van der Waals surface area contributed by atoms with Crippen LogP contribution in [0.2, 0.25) is 0 Å². The van der Waals surface area contributed by atoms with Crippen molar-refractivity contribution in [2.24, 2.45) is 0 Å². The van der Waals surface area contributed by atoms with Gasteiger partial charge in [0.25, 0.3) is 0 Å². The summed E-state index contributed by atoms with van der Waals surface area (Å²) in [5.41, 5.74) is 0. The van der Waals surface area contributed by atoms with Crippen LogP contribution in [-0.4, -0.2) is 26.4 Å². The van der Waals surface area contributed by atoms with Crippen molar-refractivity contribution in [1.29, 1.82) is 0 Å². The summed E-state index contributed by atoms with van der Waals surface area (Å²) in [4.78, 5) is 0. The minimum absolute atomic E-state index is 0.0199. The lowest BCUT2D eigenvalue weighted by Crippen LogP contribution is -2.12. The number of halogens is 1. The van der Waals surface area contributed by atoms with Gasteiger partial charge in [0.15, 0.2) is 6.29 Å². The maximum absolute atomic E-state index is 5.58. The molecule has 0 aliphatic heterocycles. The summed E-state index contributed by atoms with van der Waals surface area (Å²) in [6.45, 7) is 0. The molecule has 0 spiro atoms. The number of unbranched alkanes of at least 4 members (excludes halogenated alkanes) is 5. The van der Waals surface area contributed by atoms with Gasteiger partial charge in [0.05, 0.1) is 0 Å². The van der Waals surface area contributed by atoms with Crippen LogP contribution < -0.4 is 0 Å². The maximum atomic E-state index is 5.58. The first-order valence-electron chi connectivity index (χ1n) is 6.61. The normalized spacial score (nSPS) is 11.8. The molecule has 0 saturated carbocycles. The molecule has 0 aliphatic carbocycles. The summed E-state index contributed by atoms with van der Waals surface area (Å²) in [7, 11) is 3.39. The summed E-state index contributed by atoms with van der Waals surface area (Å²) >= 11 is 5.58. The second-order valence-corrected chi connectivity index (χ2v) is 4.57. The Labute approximate surface area is 111 Å². The molecule has 3 heteroatoms. The van der Waals surface area contributed by atoms with Gasteiger partial charge in [0, 0.05) is 20.1 Å². The first-order chi connectivity index (χ1) is 8.35. The van der Waals surface area contributed by atoms with Crippen LogP contribution in [0.15, 0.2) is 12.2 Å². The Bertz CT molecular complexity index is 168. The number of rotatable bonds is 12. The molecule has 0 amide bonds. The second kappa shape index (κ2) is 14.0. The number of allylic oxidation sites excluding steroid dienone is 2. The van der Waals surface area contributed by atoms with Crippen LogP contribution in [-0.2, 0) is 9.47 Å². The smallest absolute Gasteiger partial charge is 0.156 e. The van der Waals surface area contributed by atoms with Crippen LogP contribution in [0.3, 0.4) is 0 Å². The third-order valence-electron chi connectivity index (χ3n) is 2.78. The Balaban J connectivity index is 3.13. The van der Waals surface area contributed by atoms with E-state index in [4.69, 9.17) is 21.1 Å². The van der Waals surface area contributed by atoms with E-state index in [1.807, 2.05) is 0 Å². The Hall–Kier alpha value is -0.0500. The van der Waals surface area contributed by atoms with Crippen molar-refractivity contribution in [3.63, 3.8) is 0 Å². The molecule has 0 heterocycles. The molecule has 0 saturated heterocycles. The summed E-state index contributed by atoms with van der Waals surface area (Å²) in [5.74, 6) is 0.733. The Morgan fingerprint density at radius 1 is 0.882 bits per heavy atom. The van der Waals surface area contributed by atoms with Crippen molar-refractivity contribution >= 4 is 11.6 Å². The van der Waals surface area contributed by atoms with Gasteiger partial charge < -0.3 is 9.47 Å². The van der Waals surface area contributed by atoms with E-state index in [2.05, 4.69) is 12.2 Å². The predicted octanol–water partition coefficient (Wildman–Crippen LogP) is 4.52. The molecule has 0 radical (unpaired) electrons. The zero-order valence-electron chi connectivity index (χ0n) is 11.3. The average Bonchev–Trinajstić information content (AvgIpc) is 2.36.